The van der Waals surface area contributed by atoms with Crippen LogP contribution in [-0.2, 0) is 20.8 Å². The van der Waals surface area contributed by atoms with Gasteiger partial charge in [0.1, 0.15) is 22.8 Å². The van der Waals surface area contributed by atoms with E-state index in [0.29, 0.717) is 22.8 Å². The van der Waals surface area contributed by atoms with Gasteiger partial charge in [0.15, 0.2) is 17.1 Å². The second kappa shape index (κ2) is 7.05. The van der Waals surface area contributed by atoms with Crippen molar-refractivity contribution in [3.05, 3.63) is 51.9 Å². The largest absolute Gasteiger partial charge is 0.508 e. The first-order valence-corrected chi connectivity index (χ1v) is 11.4. The molecule has 1 aromatic heterocycles. The number of amides is 1. The van der Waals surface area contributed by atoms with Crippen molar-refractivity contribution in [1.82, 2.24) is 5.16 Å². The molecule has 10 nitrogen and oxygen atoms in total. The number of hydrogen-bond acceptors (Lipinski definition) is 9. The molecule has 2 aromatic rings. The number of aromatic hydroxyl groups is 1. The summed E-state index contributed by atoms with van der Waals surface area (Å²) in [6.07, 6.45) is 2.00. The van der Waals surface area contributed by atoms with Gasteiger partial charge in [-0.05, 0) is 49.3 Å². The van der Waals surface area contributed by atoms with Crippen molar-refractivity contribution < 1.29 is 39.3 Å². The molecule has 2 fully saturated rings. The predicted molar refractivity (Wildman–Crippen MR) is 119 cm³/mol. The number of Topliss-reactive ketones (excluding diaryl/α,β-unsaturated/α-hetero) is 2. The molecule has 180 valence electrons. The van der Waals surface area contributed by atoms with Gasteiger partial charge in [0.05, 0.1) is 11.3 Å². The minimum atomic E-state index is -2.58. The van der Waals surface area contributed by atoms with Gasteiger partial charge in [-0.15, -0.1) is 0 Å². The van der Waals surface area contributed by atoms with Gasteiger partial charge in [0.25, 0.3) is 5.91 Å². The molecule has 0 aliphatic heterocycles. The van der Waals surface area contributed by atoms with Crippen LogP contribution in [0.1, 0.15) is 48.4 Å². The maximum Gasteiger partial charge on any atom is 0.255 e. The van der Waals surface area contributed by atoms with Crippen LogP contribution in [0.3, 0.4) is 0 Å². The quantitative estimate of drug-likeness (QED) is 0.411. The Labute approximate surface area is 198 Å². The fourth-order valence-corrected chi connectivity index (χ4v) is 5.84. The Morgan fingerprint density at radius 2 is 1.86 bits per heavy atom. The normalized spacial score (nSPS) is 28.0. The van der Waals surface area contributed by atoms with E-state index in [-0.39, 0.29) is 36.1 Å². The first-order valence-electron chi connectivity index (χ1n) is 11.4. The summed E-state index contributed by atoms with van der Waals surface area (Å²) in [5.41, 5.74) is 3.66. The van der Waals surface area contributed by atoms with E-state index in [0.717, 1.165) is 18.5 Å². The van der Waals surface area contributed by atoms with Gasteiger partial charge < -0.3 is 30.7 Å². The second-order valence-corrected chi connectivity index (χ2v) is 9.78. The number of carbonyl (C=O) groups excluding carboxylic acids is 3. The van der Waals surface area contributed by atoms with Gasteiger partial charge in [-0.1, -0.05) is 5.16 Å². The van der Waals surface area contributed by atoms with Crippen LogP contribution in [-0.4, -0.2) is 48.7 Å². The first kappa shape index (κ1) is 21.6. The number of carbonyl (C=O) groups is 3. The van der Waals surface area contributed by atoms with E-state index in [1.165, 1.54) is 6.07 Å². The highest BCUT2D eigenvalue weighted by Crippen LogP contribution is 2.53. The number of primary amides is 1. The number of aliphatic hydroxyl groups is 3. The topological polar surface area (TPSA) is 184 Å². The molecule has 10 heteroatoms. The molecule has 1 heterocycles. The lowest BCUT2D eigenvalue weighted by molar-refractivity contribution is -0.147. The van der Waals surface area contributed by atoms with Crippen molar-refractivity contribution in [2.45, 2.75) is 43.6 Å². The molecular weight excluding hydrogens is 456 g/mol. The number of fused-ring (bicyclic) bond motifs is 3. The summed E-state index contributed by atoms with van der Waals surface area (Å²) >= 11 is 0. The van der Waals surface area contributed by atoms with Crippen LogP contribution in [0, 0.1) is 11.8 Å². The lowest BCUT2D eigenvalue weighted by Gasteiger charge is -2.46. The number of nitrogens with zero attached hydrogens (tertiary/aromatic N) is 1. The SMILES string of the molecule is NC(=O)C1=C(O)C2(O)C(=O)C3=C(O)c4c(O)ccc(-c5cc(C6CC6)no5)c4CC3CC2CC1=O. The van der Waals surface area contributed by atoms with Gasteiger partial charge in [-0.3, -0.25) is 14.4 Å². The molecule has 6 N–H and O–H groups in total. The summed E-state index contributed by atoms with van der Waals surface area (Å²) in [7, 11) is 0. The fraction of sp³-hybridized carbons (Fsp3) is 0.360. The minimum absolute atomic E-state index is 0.0269. The van der Waals surface area contributed by atoms with Crippen molar-refractivity contribution in [1.29, 1.82) is 0 Å². The van der Waals surface area contributed by atoms with E-state index in [1.54, 1.807) is 6.07 Å². The number of rotatable bonds is 3. The predicted octanol–water partition coefficient (Wildman–Crippen LogP) is 1.96. The summed E-state index contributed by atoms with van der Waals surface area (Å²) in [5.74, 6) is -5.70. The van der Waals surface area contributed by atoms with Gasteiger partial charge in [0, 0.05) is 35.5 Å². The highest BCUT2D eigenvalue weighted by atomic mass is 16.5. The Hall–Kier alpha value is -3.92. The summed E-state index contributed by atoms with van der Waals surface area (Å²) in [6.45, 7) is 0. The Kier molecular flexibility index (Phi) is 4.35. The van der Waals surface area contributed by atoms with E-state index >= 15 is 0 Å². The van der Waals surface area contributed by atoms with Crippen LogP contribution in [0.25, 0.3) is 17.1 Å². The van der Waals surface area contributed by atoms with Crippen molar-refractivity contribution in [2.24, 2.45) is 17.6 Å². The molecule has 35 heavy (non-hydrogen) atoms. The summed E-state index contributed by atoms with van der Waals surface area (Å²) < 4.78 is 5.55. The van der Waals surface area contributed by atoms with Gasteiger partial charge >= 0.3 is 0 Å². The van der Waals surface area contributed by atoms with E-state index in [2.05, 4.69) is 5.16 Å². The lowest BCUT2D eigenvalue weighted by atomic mass is 9.59. The van der Waals surface area contributed by atoms with E-state index in [1.807, 2.05) is 6.07 Å². The minimum Gasteiger partial charge on any atom is -0.508 e. The van der Waals surface area contributed by atoms with Gasteiger partial charge in [0.2, 0.25) is 5.78 Å². The monoisotopic (exact) mass is 478 g/mol. The Bertz CT molecular complexity index is 1410. The molecule has 3 atom stereocenters. The van der Waals surface area contributed by atoms with Crippen LogP contribution in [0.4, 0.5) is 0 Å². The molecule has 4 aliphatic rings. The van der Waals surface area contributed by atoms with Crippen molar-refractivity contribution >= 4 is 23.2 Å². The Morgan fingerprint density at radius 1 is 1.11 bits per heavy atom. The van der Waals surface area contributed by atoms with Crippen LogP contribution in [0.5, 0.6) is 5.75 Å². The lowest BCUT2D eigenvalue weighted by Crippen LogP contribution is -2.58. The average Bonchev–Trinajstić information content (AvgIpc) is 3.53. The van der Waals surface area contributed by atoms with Crippen molar-refractivity contribution in [3.63, 3.8) is 0 Å². The van der Waals surface area contributed by atoms with Crippen molar-refractivity contribution in [3.8, 4) is 17.1 Å². The zero-order valence-corrected chi connectivity index (χ0v) is 18.4. The highest BCUT2D eigenvalue weighted by Gasteiger charge is 2.60. The smallest absolute Gasteiger partial charge is 0.255 e. The third kappa shape index (κ3) is 2.86. The molecule has 0 saturated heterocycles. The molecule has 3 unspecified atom stereocenters. The van der Waals surface area contributed by atoms with Crippen LogP contribution in [0.15, 0.2) is 39.6 Å². The standard InChI is InChI=1S/C25H22N2O8/c26-24(33)20-16(29)7-11-5-10-6-13-12(17-8-14(27-35-17)9-1-2-9)3-4-15(28)19(13)21(30)18(10)22(31)25(11,34)23(20)32/h3-4,8-11,28,30,32,34H,1-2,5-7H2,(H2,26,33). The van der Waals surface area contributed by atoms with Crippen LogP contribution < -0.4 is 5.73 Å². The molecule has 6 rings (SSSR count). The number of nitrogens with two attached hydrogens (primary N) is 1. The van der Waals surface area contributed by atoms with Gasteiger partial charge in [-0.25, -0.2) is 0 Å². The average molecular weight is 478 g/mol. The fourth-order valence-electron chi connectivity index (χ4n) is 5.84. The third-order valence-electron chi connectivity index (χ3n) is 7.74. The molecular formula is C25H22N2O8. The number of aliphatic hydroxyl groups excluding tert-OH is 2. The van der Waals surface area contributed by atoms with Crippen molar-refractivity contribution in [2.75, 3.05) is 0 Å². The third-order valence-corrected chi connectivity index (χ3v) is 7.74. The van der Waals surface area contributed by atoms with Crippen LogP contribution in [0.2, 0.25) is 0 Å². The zero-order valence-electron chi connectivity index (χ0n) is 18.4. The highest BCUT2D eigenvalue weighted by molar-refractivity contribution is 6.22. The van der Waals surface area contributed by atoms with Gasteiger partial charge in [-0.2, -0.15) is 0 Å². The maximum absolute atomic E-state index is 13.5. The van der Waals surface area contributed by atoms with E-state index < -0.39 is 52.0 Å². The number of ketones is 2. The summed E-state index contributed by atoms with van der Waals surface area (Å²) in [5, 5.41) is 47.8. The Morgan fingerprint density at radius 3 is 2.54 bits per heavy atom. The molecule has 1 aromatic carbocycles. The molecule has 1 amide bonds. The maximum atomic E-state index is 13.5. The number of hydrogen-bond donors (Lipinski definition) is 5. The van der Waals surface area contributed by atoms with E-state index in [9.17, 15) is 34.8 Å². The zero-order chi connectivity index (χ0) is 24.8. The number of benzene rings is 1. The molecule has 2 saturated carbocycles. The molecule has 4 aliphatic carbocycles. The number of phenolic OH excluding ortho intramolecular Hbond substituents is 1. The van der Waals surface area contributed by atoms with Crippen LogP contribution >= 0.6 is 0 Å². The number of phenols is 1. The molecule has 0 bridgehead atoms. The first-order chi connectivity index (χ1) is 16.6. The Balaban J connectivity index is 1.50. The number of aromatic nitrogens is 1. The van der Waals surface area contributed by atoms with E-state index in [4.69, 9.17) is 10.3 Å². The molecule has 0 spiro atoms. The molecule has 0 radical (unpaired) electrons. The summed E-state index contributed by atoms with van der Waals surface area (Å²) in [4.78, 5) is 37.7. The summed E-state index contributed by atoms with van der Waals surface area (Å²) in [6, 6.07) is 4.86. The second-order valence-electron chi connectivity index (χ2n) is 9.78.